The Morgan fingerprint density at radius 2 is 1.89 bits per heavy atom. The number of rotatable bonds is 4. The molecular weight excluding hydrogens is 256 g/mol. The molecule has 1 aliphatic heterocycles. The van der Waals surface area contributed by atoms with Crippen molar-refractivity contribution in [1.29, 1.82) is 0 Å². The van der Waals surface area contributed by atoms with E-state index >= 15 is 0 Å². The summed E-state index contributed by atoms with van der Waals surface area (Å²) in [4.78, 5) is 0. The topological polar surface area (TPSA) is 9.23 Å². The van der Waals surface area contributed by atoms with Gasteiger partial charge in [-0.2, -0.15) is 0 Å². The van der Waals surface area contributed by atoms with E-state index < -0.39 is 0 Å². The molecule has 1 aromatic carbocycles. The molecule has 104 valence electrons. The summed E-state index contributed by atoms with van der Waals surface area (Å²) >= 11 is 6.03. The first-order valence-electron chi connectivity index (χ1n) is 7.20. The smallest absolute Gasteiger partial charge is 0.0469 e. The molecule has 1 aromatic rings. The molecule has 1 aliphatic rings. The fourth-order valence-electron chi connectivity index (χ4n) is 3.35. The lowest BCUT2D eigenvalue weighted by molar-refractivity contribution is 0.0449. The van der Waals surface area contributed by atoms with E-state index in [1.807, 2.05) is 12.1 Å². The highest BCUT2D eigenvalue weighted by Crippen LogP contribution is 2.42. The van der Waals surface area contributed by atoms with Crippen LogP contribution in [0.4, 0.5) is 0 Å². The molecule has 0 aliphatic carbocycles. The van der Waals surface area contributed by atoms with Crippen LogP contribution in [0.2, 0.25) is 5.02 Å². The summed E-state index contributed by atoms with van der Waals surface area (Å²) in [5.74, 6) is 0.656. The average Bonchev–Trinajstić information content (AvgIpc) is 2.47. The molecule has 1 heterocycles. The van der Waals surface area contributed by atoms with Crippen molar-refractivity contribution in [2.45, 2.75) is 38.5 Å². The summed E-state index contributed by atoms with van der Waals surface area (Å²) in [6.07, 6.45) is 7.96. The summed E-state index contributed by atoms with van der Waals surface area (Å²) in [7, 11) is 0. The maximum atomic E-state index is 6.03. The van der Waals surface area contributed by atoms with Gasteiger partial charge in [-0.15, -0.1) is 0 Å². The zero-order valence-electron chi connectivity index (χ0n) is 11.9. The van der Waals surface area contributed by atoms with Crippen LogP contribution < -0.4 is 0 Å². The Kier molecular flexibility index (Phi) is 5.06. The second-order valence-corrected chi connectivity index (χ2v) is 5.72. The molecule has 1 saturated heterocycles. The Morgan fingerprint density at radius 1 is 1.26 bits per heavy atom. The number of ether oxygens (including phenoxy) is 1. The van der Waals surface area contributed by atoms with Crippen molar-refractivity contribution in [3.63, 3.8) is 0 Å². The van der Waals surface area contributed by atoms with Crippen molar-refractivity contribution in [3.05, 3.63) is 47.0 Å². The number of hydrogen-bond donors (Lipinski definition) is 0. The molecule has 19 heavy (non-hydrogen) atoms. The molecule has 2 heteroatoms. The molecule has 0 saturated carbocycles. The predicted octanol–water partition coefficient (Wildman–Crippen LogP) is 4.99. The minimum Gasteiger partial charge on any atom is -0.381 e. The van der Waals surface area contributed by atoms with Gasteiger partial charge in [0.05, 0.1) is 0 Å². The maximum absolute atomic E-state index is 6.03. The second-order valence-electron chi connectivity index (χ2n) is 5.29. The van der Waals surface area contributed by atoms with Crippen LogP contribution in [0.15, 0.2) is 36.4 Å². The minimum absolute atomic E-state index is 0.128. The molecule has 0 spiro atoms. The van der Waals surface area contributed by atoms with Gasteiger partial charge in [0.1, 0.15) is 0 Å². The molecular formula is C17H23ClO. The summed E-state index contributed by atoms with van der Waals surface area (Å²) in [6.45, 7) is 6.17. The largest absolute Gasteiger partial charge is 0.381 e. The van der Waals surface area contributed by atoms with Gasteiger partial charge in [-0.25, -0.2) is 0 Å². The Hall–Kier alpha value is -0.790. The lowest BCUT2D eigenvalue weighted by Crippen LogP contribution is -2.36. The summed E-state index contributed by atoms with van der Waals surface area (Å²) < 4.78 is 5.53. The van der Waals surface area contributed by atoms with Gasteiger partial charge in [-0.3, -0.25) is 0 Å². The lowest BCUT2D eigenvalue weighted by Gasteiger charge is -2.41. The Labute approximate surface area is 121 Å². The van der Waals surface area contributed by atoms with Crippen molar-refractivity contribution < 1.29 is 4.74 Å². The van der Waals surface area contributed by atoms with Crippen LogP contribution in [0.5, 0.6) is 0 Å². The zero-order valence-corrected chi connectivity index (χ0v) is 12.6. The van der Waals surface area contributed by atoms with E-state index in [2.05, 4.69) is 38.1 Å². The van der Waals surface area contributed by atoms with Crippen LogP contribution in [0.3, 0.4) is 0 Å². The van der Waals surface area contributed by atoms with Crippen LogP contribution in [-0.4, -0.2) is 13.2 Å². The molecule has 0 aromatic heterocycles. The third-order valence-corrected chi connectivity index (χ3v) is 4.63. The Bertz CT molecular complexity index is 417. The van der Waals surface area contributed by atoms with Crippen molar-refractivity contribution in [2.75, 3.05) is 13.2 Å². The molecule has 0 N–H and O–H groups in total. The van der Waals surface area contributed by atoms with Crippen molar-refractivity contribution in [2.24, 2.45) is 5.92 Å². The zero-order chi connectivity index (χ0) is 13.7. The van der Waals surface area contributed by atoms with Crippen molar-refractivity contribution in [3.8, 4) is 0 Å². The summed E-state index contributed by atoms with van der Waals surface area (Å²) in [5.41, 5.74) is 1.51. The van der Waals surface area contributed by atoms with E-state index in [1.54, 1.807) is 0 Å². The molecule has 1 unspecified atom stereocenters. The van der Waals surface area contributed by atoms with Crippen LogP contribution >= 0.6 is 11.6 Å². The van der Waals surface area contributed by atoms with Gasteiger partial charge < -0.3 is 4.74 Å². The Balaban J connectivity index is 2.40. The number of hydrogen-bond acceptors (Lipinski definition) is 1. The first-order valence-corrected chi connectivity index (χ1v) is 7.58. The van der Waals surface area contributed by atoms with Gasteiger partial charge in [0.2, 0.25) is 0 Å². The van der Waals surface area contributed by atoms with Crippen molar-refractivity contribution in [1.82, 2.24) is 0 Å². The SMILES string of the molecule is CC=CC(CC)(c1ccc(Cl)cc1)C1CCOCC1. The van der Waals surface area contributed by atoms with E-state index in [0.29, 0.717) is 5.92 Å². The maximum Gasteiger partial charge on any atom is 0.0469 e. The van der Waals surface area contributed by atoms with Gasteiger partial charge in [0, 0.05) is 23.7 Å². The summed E-state index contributed by atoms with van der Waals surface area (Å²) in [6, 6.07) is 8.37. The molecule has 0 radical (unpaired) electrons. The normalized spacial score (nSPS) is 20.6. The minimum atomic E-state index is 0.128. The highest BCUT2D eigenvalue weighted by molar-refractivity contribution is 6.30. The third-order valence-electron chi connectivity index (χ3n) is 4.38. The van der Waals surface area contributed by atoms with Crippen LogP contribution in [0.25, 0.3) is 0 Å². The fourth-order valence-corrected chi connectivity index (χ4v) is 3.47. The van der Waals surface area contributed by atoms with Gasteiger partial charge in [0.25, 0.3) is 0 Å². The highest BCUT2D eigenvalue weighted by Gasteiger charge is 2.37. The van der Waals surface area contributed by atoms with E-state index in [-0.39, 0.29) is 5.41 Å². The van der Waals surface area contributed by atoms with Gasteiger partial charge in [0.15, 0.2) is 0 Å². The van der Waals surface area contributed by atoms with Gasteiger partial charge in [-0.05, 0) is 49.8 Å². The first-order chi connectivity index (χ1) is 9.23. The van der Waals surface area contributed by atoms with Crippen LogP contribution in [-0.2, 0) is 10.2 Å². The second kappa shape index (κ2) is 6.58. The molecule has 0 amide bonds. The molecule has 1 fully saturated rings. The Morgan fingerprint density at radius 3 is 2.42 bits per heavy atom. The highest BCUT2D eigenvalue weighted by atomic mass is 35.5. The van der Waals surface area contributed by atoms with E-state index in [4.69, 9.17) is 16.3 Å². The standard InChI is InChI=1S/C17H23ClO/c1-3-11-17(4-2,15-9-12-19-13-10-15)14-5-7-16(18)8-6-14/h3,5-8,11,15H,4,9-10,12-13H2,1-2H3. The number of halogens is 1. The number of allylic oxidation sites excluding steroid dienone is 2. The van der Waals surface area contributed by atoms with Crippen LogP contribution in [0, 0.1) is 5.92 Å². The van der Waals surface area contributed by atoms with Crippen molar-refractivity contribution >= 4 is 11.6 Å². The van der Waals surface area contributed by atoms with E-state index in [1.165, 1.54) is 5.56 Å². The number of benzene rings is 1. The molecule has 0 bridgehead atoms. The molecule has 1 atom stereocenters. The third kappa shape index (κ3) is 3.04. The van der Waals surface area contributed by atoms with Crippen LogP contribution in [0.1, 0.15) is 38.7 Å². The predicted molar refractivity (Wildman–Crippen MR) is 81.8 cm³/mol. The first kappa shape index (κ1) is 14.6. The monoisotopic (exact) mass is 278 g/mol. The molecule has 2 rings (SSSR count). The van der Waals surface area contributed by atoms with E-state index in [9.17, 15) is 0 Å². The fraction of sp³-hybridized carbons (Fsp3) is 0.529. The molecule has 1 nitrogen and oxygen atoms in total. The van der Waals surface area contributed by atoms with Gasteiger partial charge in [-0.1, -0.05) is 42.8 Å². The average molecular weight is 279 g/mol. The summed E-state index contributed by atoms with van der Waals surface area (Å²) in [5, 5.41) is 0.807. The van der Waals surface area contributed by atoms with Gasteiger partial charge >= 0.3 is 0 Å². The lowest BCUT2D eigenvalue weighted by atomic mass is 9.65. The van der Waals surface area contributed by atoms with E-state index in [0.717, 1.165) is 37.5 Å². The quantitative estimate of drug-likeness (QED) is 0.705.